The van der Waals surface area contributed by atoms with Crippen LogP contribution < -0.4 is 5.32 Å². The Kier molecular flexibility index (Phi) is 5.47. The van der Waals surface area contributed by atoms with E-state index in [0.29, 0.717) is 18.0 Å². The molecule has 1 aliphatic rings. The van der Waals surface area contributed by atoms with Gasteiger partial charge in [-0.3, -0.25) is 4.79 Å². The van der Waals surface area contributed by atoms with Gasteiger partial charge in [-0.1, -0.05) is 31.2 Å². The van der Waals surface area contributed by atoms with E-state index in [0.717, 1.165) is 42.0 Å². The number of anilines is 1. The van der Waals surface area contributed by atoms with E-state index in [4.69, 9.17) is 4.98 Å². The number of nitrogens with zero attached hydrogens (tertiary/aromatic N) is 2. The number of imidazole rings is 1. The number of aromatic nitrogens is 2. The normalized spacial score (nSPS) is 16.9. The first-order valence-corrected chi connectivity index (χ1v) is 10.2. The Morgan fingerprint density at radius 2 is 2.00 bits per heavy atom. The number of rotatable bonds is 5. The van der Waals surface area contributed by atoms with Crippen molar-refractivity contribution < 1.29 is 9.18 Å². The van der Waals surface area contributed by atoms with Crippen LogP contribution in [0, 0.1) is 12.7 Å². The second-order valence-electron chi connectivity index (χ2n) is 7.90. The summed E-state index contributed by atoms with van der Waals surface area (Å²) in [6.45, 7) is 5.24. The maximum Gasteiger partial charge on any atom is 0.225 e. The van der Waals surface area contributed by atoms with Gasteiger partial charge in [0.1, 0.15) is 11.6 Å². The molecule has 3 aromatic rings. The maximum absolute atomic E-state index is 13.2. The maximum atomic E-state index is 13.2. The second-order valence-corrected chi connectivity index (χ2v) is 7.90. The van der Waals surface area contributed by atoms with Crippen molar-refractivity contribution in [1.29, 1.82) is 0 Å². The van der Waals surface area contributed by atoms with E-state index in [1.807, 2.05) is 18.3 Å². The average Bonchev–Trinajstić information content (AvgIpc) is 3.14. The van der Waals surface area contributed by atoms with E-state index in [2.05, 4.69) is 35.9 Å². The molecule has 2 heterocycles. The summed E-state index contributed by atoms with van der Waals surface area (Å²) in [4.78, 5) is 17.6. The molecule has 5 heteroatoms. The summed E-state index contributed by atoms with van der Waals surface area (Å²) in [5, 5.41) is 2.90. The molecule has 150 valence electrons. The van der Waals surface area contributed by atoms with Gasteiger partial charge in [0.2, 0.25) is 5.91 Å². The molecule has 0 saturated carbocycles. The van der Waals surface area contributed by atoms with Crippen LogP contribution in [-0.4, -0.2) is 15.5 Å². The number of nitrogens with one attached hydrogen (secondary N) is 1. The Morgan fingerprint density at radius 3 is 2.76 bits per heavy atom. The fraction of sp³-hybridized carbons (Fsp3) is 0.333. The summed E-state index contributed by atoms with van der Waals surface area (Å²) in [5.74, 6) is 1.06. The van der Waals surface area contributed by atoms with E-state index >= 15 is 0 Å². The van der Waals surface area contributed by atoms with Gasteiger partial charge >= 0.3 is 0 Å². The Morgan fingerprint density at radius 1 is 1.24 bits per heavy atom. The van der Waals surface area contributed by atoms with Crippen LogP contribution in [0.1, 0.15) is 60.7 Å². The number of hydrogen-bond acceptors (Lipinski definition) is 2. The molecule has 1 aromatic heterocycles. The minimum atomic E-state index is -0.319. The first-order valence-electron chi connectivity index (χ1n) is 10.2. The van der Waals surface area contributed by atoms with E-state index in [9.17, 15) is 9.18 Å². The summed E-state index contributed by atoms with van der Waals surface area (Å²) in [5.41, 5.74) is 3.99. The van der Waals surface area contributed by atoms with Crippen molar-refractivity contribution in [1.82, 2.24) is 9.55 Å². The van der Waals surface area contributed by atoms with Crippen LogP contribution in [0.15, 0.2) is 54.7 Å². The minimum absolute atomic E-state index is 0.0804. The van der Waals surface area contributed by atoms with E-state index in [1.54, 1.807) is 12.1 Å². The van der Waals surface area contributed by atoms with E-state index < -0.39 is 0 Å². The van der Waals surface area contributed by atoms with Crippen molar-refractivity contribution in [2.75, 3.05) is 5.32 Å². The van der Waals surface area contributed by atoms with Crippen LogP contribution in [0.5, 0.6) is 0 Å². The highest BCUT2D eigenvalue weighted by atomic mass is 19.1. The fourth-order valence-electron chi connectivity index (χ4n) is 4.29. The number of halogens is 1. The molecule has 0 fully saturated rings. The van der Waals surface area contributed by atoms with Gasteiger partial charge in [0.05, 0.1) is 0 Å². The molecule has 0 radical (unpaired) electrons. The van der Waals surface area contributed by atoms with Gasteiger partial charge in [-0.2, -0.15) is 0 Å². The molecule has 0 aliphatic carbocycles. The van der Waals surface area contributed by atoms with Crippen LogP contribution in [0.4, 0.5) is 10.1 Å². The number of fused-ring (bicyclic) bond motifs is 1. The molecular weight excluding hydrogens is 365 g/mol. The first-order chi connectivity index (χ1) is 14.0. The number of aryl methyl sites for hydroxylation is 1. The van der Waals surface area contributed by atoms with Crippen LogP contribution >= 0.6 is 0 Å². The summed E-state index contributed by atoms with van der Waals surface area (Å²) >= 11 is 0. The van der Waals surface area contributed by atoms with Crippen molar-refractivity contribution >= 4 is 11.6 Å². The largest absolute Gasteiger partial charge is 0.331 e. The average molecular weight is 391 g/mol. The molecular formula is C24H26FN3O. The Balaban J connectivity index is 1.66. The van der Waals surface area contributed by atoms with Gasteiger partial charge in [0, 0.05) is 42.4 Å². The summed E-state index contributed by atoms with van der Waals surface area (Å²) < 4.78 is 15.5. The zero-order valence-electron chi connectivity index (χ0n) is 16.9. The third kappa shape index (κ3) is 4.09. The summed E-state index contributed by atoms with van der Waals surface area (Å²) in [6, 6.07) is 14.1. The smallest absolute Gasteiger partial charge is 0.225 e. The standard InChI is InChI=1S/C24H26FN3O/c1-16-6-3-4-8-20(16)21(14-23(29)27-19-11-9-18(25)10-12-19)22-15-26-24-17(2)7-5-13-28(22)24/h3-4,6,8-12,15,17,21H,5,7,13-14H2,1-2H3,(H,27,29)/t17-,21-/m1/s1. The SMILES string of the molecule is Cc1ccccc1[C@@H](CC(=O)Nc1ccc(F)cc1)c1cnc2n1CCC[C@H]2C. The molecule has 1 N–H and O–H groups in total. The third-order valence-electron chi connectivity index (χ3n) is 5.82. The molecule has 4 nitrogen and oxygen atoms in total. The lowest BCUT2D eigenvalue weighted by Crippen LogP contribution is -2.22. The molecule has 29 heavy (non-hydrogen) atoms. The highest BCUT2D eigenvalue weighted by Gasteiger charge is 2.28. The highest BCUT2D eigenvalue weighted by Crippen LogP contribution is 2.35. The number of amides is 1. The number of carbonyl (C=O) groups is 1. The van der Waals surface area contributed by atoms with Crippen molar-refractivity contribution in [3.63, 3.8) is 0 Å². The molecule has 0 bridgehead atoms. The Bertz CT molecular complexity index is 1010. The number of hydrogen-bond donors (Lipinski definition) is 1. The minimum Gasteiger partial charge on any atom is -0.331 e. The van der Waals surface area contributed by atoms with Gasteiger partial charge < -0.3 is 9.88 Å². The van der Waals surface area contributed by atoms with Crippen molar-refractivity contribution in [3.8, 4) is 0 Å². The van der Waals surface area contributed by atoms with Crippen LogP contribution in [0.25, 0.3) is 0 Å². The van der Waals surface area contributed by atoms with Crippen LogP contribution in [0.2, 0.25) is 0 Å². The van der Waals surface area contributed by atoms with E-state index in [-0.39, 0.29) is 17.6 Å². The number of carbonyl (C=O) groups excluding carboxylic acids is 1. The molecule has 1 aliphatic heterocycles. The molecule has 0 spiro atoms. The molecule has 1 amide bonds. The molecule has 2 aromatic carbocycles. The lowest BCUT2D eigenvalue weighted by Gasteiger charge is -2.26. The predicted octanol–water partition coefficient (Wildman–Crippen LogP) is 5.39. The highest BCUT2D eigenvalue weighted by molar-refractivity contribution is 5.91. The number of benzene rings is 2. The zero-order chi connectivity index (χ0) is 20.4. The predicted molar refractivity (Wildman–Crippen MR) is 113 cm³/mol. The van der Waals surface area contributed by atoms with Gasteiger partial charge in [0.15, 0.2) is 0 Å². The van der Waals surface area contributed by atoms with Gasteiger partial charge in [0.25, 0.3) is 0 Å². The van der Waals surface area contributed by atoms with Crippen LogP contribution in [0.3, 0.4) is 0 Å². The zero-order valence-corrected chi connectivity index (χ0v) is 16.9. The van der Waals surface area contributed by atoms with Gasteiger partial charge in [-0.25, -0.2) is 9.37 Å². The Hall–Kier alpha value is -2.95. The molecule has 2 atom stereocenters. The molecule has 0 saturated heterocycles. The van der Waals surface area contributed by atoms with Gasteiger partial charge in [-0.05, 0) is 55.2 Å². The fourth-order valence-corrected chi connectivity index (χ4v) is 4.29. The first kappa shape index (κ1) is 19.4. The second kappa shape index (κ2) is 8.19. The van der Waals surface area contributed by atoms with Crippen molar-refractivity contribution in [2.45, 2.75) is 51.5 Å². The van der Waals surface area contributed by atoms with Crippen molar-refractivity contribution in [2.24, 2.45) is 0 Å². The van der Waals surface area contributed by atoms with Gasteiger partial charge in [-0.15, -0.1) is 0 Å². The Labute approximate surface area is 170 Å². The molecule has 0 unspecified atom stereocenters. The summed E-state index contributed by atoms with van der Waals surface area (Å²) in [7, 11) is 0. The third-order valence-corrected chi connectivity index (χ3v) is 5.82. The monoisotopic (exact) mass is 391 g/mol. The lowest BCUT2D eigenvalue weighted by atomic mass is 9.88. The molecule has 4 rings (SSSR count). The summed E-state index contributed by atoms with van der Waals surface area (Å²) in [6.07, 6.45) is 4.53. The topological polar surface area (TPSA) is 46.9 Å². The van der Waals surface area contributed by atoms with Crippen molar-refractivity contribution in [3.05, 3.63) is 83.2 Å². The van der Waals surface area contributed by atoms with E-state index in [1.165, 1.54) is 12.1 Å². The quantitative estimate of drug-likeness (QED) is 0.634. The van der Waals surface area contributed by atoms with Crippen LogP contribution in [-0.2, 0) is 11.3 Å². The lowest BCUT2D eigenvalue weighted by molar-refractivity contribution is -0.116.